The molecule has 0 unspecified atom stereocenters. The van der Waals surface area contributed by atoms with Crippen LogP contribution in [0.15, 0.2) is 18.2 Å². The Morgan fingerprint density at radius 1 is 1.27 bits per heavy atom. The van der Waals surface area contributed by atoms with Crippen LogP contribution in [-0.2, 0) is 4.74 Å². The molecular formula is C14H14NO7-. The van der Waals surface area contributed by atoms with Crippen molar-refractivity contribution in [2.45, 2.75) is 38.2 Å². The summed E-state index contributed by atoms with van der Waals surface area (Å²) in [5.74, 6) is -2.02. The maximum absolute atomic E-state index is 11.8. The van der Waals surface area contributed by atoms with Gasteiger partial charge in [0, 0.05) is 11.6 Å². The number of nitro benzene ring substituents is 1. The third kappa shape index (κ3) is 3.51. The highest BCUT2D eigenvalue weighted by Gasteiger charge is 2.34. The smallest absolute Gasteiger partial charge is 0.514 e. The molecule has 0 bridgehead atoms. The number of carboxylic acid groups (broad SMARTS) is 1. The maximum Gasteiger partial charge on any atom is 0.514 e. The summed E-state index contributed by atoms with van der Waals surface area (Å²) in [7, 11) is 0. The van der Waals surface area contributed by atoms with Crippen molar-refractivity contribution in [3.8, 4) is 5.75 Å². The first kappa shape index (κ1) is 15.7. The summed E-state index contributed by atoms with van der Waals surface area (Å²) < 4.78 is 10.0. The van der Waals surface area contributed by atoms with E-state index in [1.807, 2.05) is 0 Å². The summed E-state index contributed by atoms with van der Waals surface area (Å²) in [4.78, 5) is 32.7. The molecule has 0 aromatic heterocycles. The summed E-state index contributed by atoms with van der Waals surface area (Å²) in [6.07, 6.45) is 2.11. The summed E-state index contributed by atoms with van der Waals surface area (Å²) in [6.45, 7) is 1.76. The molecule has 0 spiro atoms. The maximum atomic E-state index is 11.8. The molecule has 1 aromatic carbocycles. The van der Waals surface area contributed by atoms with Gasteiger partial charge in [-0.1, -0.05) is 0 Å². The molecule has 2 rings (SSSR count). The quantitative estimate of drug-likeness (QED) is 0.360. The lowest BCUT2D eigenvalue weighted by Crippen LogP contribution is -2.30. The highest BCUT2D eigenvalue weighted by atomic mass is 16.7. The fraction of sp³-hybridized carbons (Fsp3) is 0.429. The van der Waals surface area contributed by atoms with E-state index in [0.717, 1.165) is 31.0 Å². The largest absolute Gasteiger partial charge is 0.545 e. The fourth-order valence-electron chi connectivity index (χ4n) is 2.41. The van der Waals surface area contributed by atoms with E-state index in [2.05, 4.69) is 0 Å². The Balaban J connectivity index is 2.19. The normalized spacial score (nSPS) is 16.0. The number of ether oxygens (including phenoxy) is 2. The molecule has 1 aliphatic carbocycles. The summed E-state index contributed by atoms with van der Waals surface area (Å²) in [5.41, 5.74) is -1.52. The molecule has 118 valence electrons. The van der Waals surface area contributed by atoms with Crippen LogP contribution >= 0.6 is 0 Å². The minimum absolute atomic E-state index is 0.333. The van der Waals surface area contributed by atoms with Crippen LogP contribution in [-0.4, -0.2) is 22.6 Å². The van der Waals surface area contributed by atoms with Gasteiger partial charge in [0.05, 0.1) is 10.9 Å². The van der Waals surface area contributed by atoms with Crippen LogP contribution in [0.5, 0.6) is 5.75 Å². The van der Waals surface area contributed by atoms with Gasteiger partial charge in [-0.2, -0.15) is 0 Å². The monoisotopic (exact) mass is 308 g/mol. The number of hydrogen-bond acceptors (Lipinski definition) is 7. The summed E-state index contributed by atoms with van der Waals surface area (Å²) >= 11 is 0. The van der Waals surface area contributed by atoms with Crippen molar-refractivity contribution in [1.82, 2.24) is 0 Å². The number of carbonyl (C=O) groups excluding carboxylic acids is 2. The van der Waals surface area contributed by atoms with Gasteiger partial charge in [-0.25, -0.2) is 4.79 Å². The highest BCUT2D eigenvalue weighted by molar-refractivity contribution is 5.87. The average molecular weight is 308 g/mol. The van der Waals surface area contributed by atoms with E-state index >= 15 is 0 Å². The minimum Gasteiger partial charge on any atom is -0.545 e. The zero-order valence-electron chi connectivity index (χ0n) is 11.9. The van der Waals surface area contributed by atoms with Crippen LogP contribution in [0.4, 0.5) is 10.5 Å². The number of rotatable bonds is 4. The van der Waals surface area contributed by atoms with Crippen molar-refractivity contribution in [2.24, 2.45) is 0 Å². The molecule has 1 saturated carbocycles. The SMILES string of the molecule is CC1(OC(=O)Oc2cc(C(=O)[O-])ccc2[N+](=O)[O-])CCCC1. The molecule has 0 heterocycles. The molecule has 0 N–H and O–H groups in total. The van der Waals surface area contributed by atoms with E-state index in [-0.39, 0.29) is 5.56 Å². The Kier molecular flexibility index (Phi) is 4.30. The van der Waals surface area contributed by atoms with Gasteiger partial charge in [0.15, 0.2) is 0 Å². The summed E-state index contributed by atoms with van der Waals surface area (Å²) in [5, 5.41) is 21.7. The van der Waals surface area contributed by atoms with Gasteiger partial charge < -0.3 is 19.4 Å². The lowest BCUT2D eigenvalue weighted by Gasteiger charge is -2.23. The van der Waals surface area contributed by atoms with Crippen LogP contribution in [0.1, 0.15) is 43.0 Å². The van der Waals surface area contributed by atoms with E-state index in [4.69, 9.17) is 9.47 Å². The van der Waals surface area contributed by atoms with Crippen LogP contribution in [0.25, 0.3) is 0 Å². The molecule has 1 aliphatic rings. The Hall–Kier alpha value is -2.64. The van der Waals surface area contributed by atoms with Crippen LogP contribution in [0, 0.1) is 10.1 Å². The van der Waals surface area contributed by atoms with Gasteiger partial charge >= 0.3 is 11.8 Å². The third-order valence-corrected chi connectivity index (χ3v) is 3.58. The topological polar surface area (TPSA) is 119 Å². The van der Waals surface area contributed by atoms with Crippen molar-refractivity contribution in [2.75, 3.05) is 0 Å². The first-order chi connectivity index (χ1) is 10.3. The number of carbonyl (C=O) groups is 2. The molecule has 0 saturated heterocycles. The van der Waals surface area contributed by atoms with Gasteiger partial charge in [-0.15, -0.1) is 0 Å². The van der Waals surface area contributed by atoms with Crippen LogP contribution < -0.4 is 9.84 Å². The van der Waals surface area contributed by atoms with Crippen molar-refractivity contribution >= 4 is 17.8 Å². The van der Waals surface area contributed by atoms with E-state index < -0.39 is 34.1 Å². The number of carboxylic acids is 1. The Labute approximate surface area is 125 Å². The molecular weight excluding hydrogens is 294 g/mol. The second-order valence-electron chi connectivity index (χ2n) is 5.34. The summed E-state index contributed by atoms with van der Waals surface area (Å²) in [6, 6.07) is 2.81. The highest BCUT2D eigenvalue weighted by Crippen LogP contribution is 2.34. The minimum atomic E-state index is -1.53. The fourth-order valence-corrected chi connectivity index (χ4v) is 2.41. The standard InChI is InChI=1S/C14H15NO7/c1-14(6-2-3-7-14)22-13(18)21-11-8-9(12(16)17)4-5-10(11)15(19)20/h4-5,8H,2-3,6-7H2,1H3,(H,16,17)/p-1. The molecule has 0 radical (unpaired) electrons. The lowest BCUT2D eigenvalue weighted by atomic mass is 10.1. The van der Waals surface area contributed by atoms with Crippen LogP contribution in [0.2, 0.25) is 0 Å². The molecule has 22 heavy (non-hydrogen) atoms. The number of hydrogen-bond donors (Lipinski definition) is 0. The second-order valence-corrected chi connectivity index (χ2v) is 5.34. The van der Waals surface area contributed by atoms with Gasteiger partial charge in [-0.05, 0) is 44.7 Å². The molecule has 0 atom stereocenters. The first-order valence-corrected chi connectivity index (χ1v) is 6.71. The Morgan fingerprint density at radius 2 is 1.91 bits per heavy atom. The van der Waals surface area contributed by atoms with E-state index in [1.54, 1.807) is 6.92 Å². The zero-order valence-corrected chi connectivity index (χ0v) is 11.9. The molecule has 8 heteroatoms. The number of nitro groups is 1. The van der Waals surface area contributed by atoms with Gasteiger partial charge in [-0.3, -0.25) is 10.1 Å². The van der Waals surface area contributed by atoms with Crippen molar-refractivity contribution in [3.05, 3.63) is 33.9 Å². The zero-order chi connectivity index (χ0) is 16.3. The second kappa shape index (κ2) is 6.00. The molecule has 0 amide bonds. The van der Waals surface area contributed by atoms with Crippen molar-refractivity contribution in [1.29, 1.82) is 0 Å². The average Bonchev–Trinajstić information content (AvgIpc) is 2.84. The van der Waals surface area contributed by atoms with Gasteiger partial charge in [0.1, 0.15) is 5.60 Å². The van der Waals surface area contributed by atoms with E-state index in [9.17, 15) is 24.8 Å². The van der Waals surface area contributed by atoms with Gasteiger partial charge in [0.25, 0.3) is 0 Å². The molecule has 1 fully saturated rings. The predicted molar refractivity (Wildman–Crippen MR) is 71.4 cm³/mol. The van der Waals surface area contributed by atoms with Crippen molar-refractivity contribution in [3.63, 3.8) is 0 Å². The van der Waals surface area contributed by atoms with Gasteiger partial charge in [0.2, 0.25) is 5.75 Å². The number of aromatic carboxylic acids is 1. The molecule has 1 aromatic rings. The lowest BCUT2D eigenvalue weighted by molar-refractivity contribution is -0.385. The third-order valence-electron chi connectivity index (χ3n) is 3.58. The van der Waals surface area contributed by atoms with E-state index in [1.165, 1.54) is 0 Å². The first-order valence-electron chi connectivity index (χ1n) is 6.71. The molecule has 8 nitrogen and oxygen atoms in total. The molecule has 0 aliphatic heterocycles. The number of nitrogens with zero attached hydrogens (tertiary/aromatic N) is 1. The van der Waals surface area contributed by atoms with Crippen LogP contribution in [0.3, 0.4) is 0 Å². The van der Waals surface area contributed by atoms with E-state index in [0.29, 0.717) is 12.8 Å². The van der Waals surface area contributed by atoms with Crippen molar-refractivity contribution < 1.29 is 29.1 Å². The number of benzene rings is 1. The Bertz CT molecular complexity index is 620. The predicted octanol–water partition coefficient (Wildman–Crippen LogP) is 1.81. The Morgan fingerprint density at radius 3 is 2.45 bits per heavy atom.